The van der Waals surface area contributed by atoms with Gasteiger partial charge in [-0.1, -0.05) is 11.6 Å². The highest BCUT2D eigenvalue weighted by atomic mass is 127. The first-order valence-electron chi connectivity index (χ1n) is 5.25. The first-order chi connectivity index (χ1) is 8.56. The van der Waals surface area contributed by atoms with Crippen molar-refractivity contribution in [2.75, 3.05) is 5.32 Å². The highest BCUT2D eigenvalue weighted by Crippen LogP contribution is 2.19. The van der Waals surface area contributed by atoms with E-state index in [2.05, 4.69) is 32.9 Å². The van der Waals surface area contributed by atoms with Gasteiger partial charge in [0.25, 0.3) is 5.91 Å². The number of nitrogens with zero attached hydrogens (tertiary/aromatic N) is 1. The van der Waals surface area contributed by atoms with Crippen LogP contribution < -0.4 is 5.32 Å². The third kappa shape index (κ3) is 3.20. The lowest BCUT2D eigenvalue weighted by Gasteiger charge is -2.07. The SMILES string of the molecule is Cc1cc(NC(=O)c2cc(Cl)ccc2I)ccn1. The number of aryl methyl sites for hydroxylation is 1. The second kappa shape index (κ2) is 5.67. The maximum absolute atomic E-state index is 12.1. The van der Waals surface area contributed by atoms with E-state index in [4.69, 9.17) is 11.6 Å². The summed E-state index contributed by atoms with van der Waals surface area (Å²) in [7, 11) is 0. The number of hydrogen-bond acceptors (Lipinski definition) is 2. The Balaban J connectivity index is 2.24. The summed E-state index contributed by atoms with van der Waals surface area (Å²) < 4.78 is 0.861. The summed E-state index contributed by atoms with van der Waals surface area (Å²) in [4.78, 5) is 16.2. The maximum Gasteiger partial charge on any atom is 0.256 e. The molecule has 2 aromatic rings. The van der Waals surface area contributed by atoms with Gasteiger partial charge in [0.05, 0.1) is 5.56 Å². The lowest BCUT2D eigenvalue weighted by molar-refractivity contribution is 0.102. The predicted octanol–water partition coefficient (Wildman–Crippen LogP) is 3.90. The molecule has 0 aliphatic rings. The summed E-state index contributed by atoms with van der Waals surface area (Å²) in [5.74, 6) is -0.174. The molecule has 3 nitrogen and oxygen atoms in total. The average Bonchev–Trinajstić information content (AvgIpc) is 2.32. The lowest BCUT2D eigenvalue weighted by Crippen LogP contribution is -2.13. The molecule has 1 aromatic heterocycles. The van der Waals surface area contributed by atoms with E-state index in [-0.39, 0.29) is 5.91 Å². The maximum atomic E-state index is 12.1. The molecule has 0 bridgehead atoms. The molecule has 0 radical (unpaired) electrons. The zero-order valence-electron chi connectivity index (χ0n) is 9.58. The molecule has 0 atom stereocenters. The van der Waals surface area contributed by atoms with Crippen LogP contribution >= 0.6 is 34.2 Å². The highest BCUT2D eigenvalue weighted by molar-refractivity contribution is 14.1. The molecule has 92 valence electrons. The van der Waals surface area contributed by atoms with E-state index in [1.165, 1.54) is 0 Å². The van der Waals surface area contributed by atoms with Gasteiger partial charge in [-0.25, -0.2) is 0 Å². The predicted molar refractivity (Wildman–Crippen MR) is 81.1 cm³/mol. The van der Waals surface area contributed by atoms with Gasteiger partial charge in [0.2, 0.25) is 0 Å². The second-order valence-electron chi connectivity index (χ2n) is 3.76. The van der Waals surface area contributed by atoms with Gasteiger partial charge < -0.3 is 5.32 Å². The molecule has 1 amide bonds. The van der Waals surface area contributed by atoms with Crippen molar-refractivity contribution in [2.45, 2.75) is 6.92 Å². The molecule has 0 saturated carbocycles. The van der Waals surface area contributed by atoms with Gasteiger partial charge in [-0.05, 0) is 59.8 Å². The van der Waals surface area contributed by atoms with Gasteiger partial charge in [0.1, 0.15) is 0 Å². The Kier molecular flexibility index (Phi) is 4.19. The summed E-state index contributed by atoms with van der Waals surface area (Å²) in [6.45, 7) is 1.87. The van der Waals surface area contributed by atoms with Crippen molar-refractivity contribution in [3.8, 4) is 0 Å². The molecular weight excluding hydrogens is 363 g/mol. The van der Waals surface area contributed by atoms with Crippen LogP contribution in [0.25, 0.3) is 0 Å². The number of hydrogen-bond donors (Lipinski definition) is 1. The Bertz CT molecular complexity index is 601. The molecular formula is C13H10ClIN2O. The average molecular weight is 373 g/mol. The number of benzene rings is 1. The van der Waals surface area contributed by atoms with Crippen LogP contribution in [0.3, 0.4) is 0 Å². The van der Waals surface area contributed by atoms with Crippen LogP contribution in [-0.2, 0) is 0 Å². The smallest absolute Gasteiger partial charge is 0.256 e. The van der Waals surface area contributed by atoms with Gasteiger partial charge in [-0.3, -0.25) is 9.78 Å². The van der Waals surface area contributed by atoms with E-state index in [1.807, 2.05) is 19.1 Å². The minimum Gasteiger partial charge on any atom is -0.322 e. The van der Waals surface area contributed by atoms with Crippen molar-refractivity contribution in [3.63, 3.8) is 0 Å². The Morgan fingerprint density at radius 2 is 2.11 bits per heavy atom. The third-order valence-corrected chi connectivity index (χ3v) is 3.50. The minimum absolute atomic E-state index is 0.174. The number of amides is 1. The Morgan fingerprint density at radius 1 is 1.33 bits per heavy atom. The molecule has 1 aromatic carbocycles. The summed E-state index contributed by atoms with van der Waals surface area (Å²) in [5.41, 5.74) is 2.15. The molecule has 0 fully saturated rings. The van der Waals surface area contributed by atoms with Gasteiger partial charge in [-0.15, -0.1) is 0 Å². The van der Waals surface area contributed by atoms with Crippen molar-refractivity contribution in [2.24, 2.45) is 0 Å². The molecule has 0 spiro atoms. The summed E-state index contributed by atoms with van der Waals surface area (Å²) >= 11 is 8.01. The summed E-state index contributed by atoms with van der Waals surface area (Å²) in [6.07, 6.45) is 1.66. The summed E-state index contributed by atoms with van der Waals surface area (Å²) in [5, 5.41) is 3.37. The third-order valence-electron chi connectivity index (χ3n) is 2.33. The zero-order valence-corrected chi connectivity index (χ0v) is 12.5. The fourth-order valence-corrected chi connectivity index (χ4v) is 2.25. The van der Waals surface area contributed by atoms with E-state index < -0.39 is 0 Å². The molecule has 0 unspecified atom stereocenters. The fourth-order valence-electron chi connectivity index (χ4n) is 1.49. The van der Waals surface area contributed by atoms with Gasteiger partial charge in [0.15, 0.2) is 0 Å². The van der Waals surface area contributed by atoms with Gasteiger partial charge in [0, 0.05) is 26.2 Å². The molecule has 2 rings (SSSR count). The van der Waals surface area contributed by atoms with Crippen molar-refractivity contribution in [3.05, 3.63) is 56.4 Å². The topological polar surface area (TPSA) is 42.0 Å². The van der Waals surface area contributed by atoms with E-state index in [9.17, 15) is 4.79 Å². The zero-order chi connectivity index (χ0) is 13.1. The number of nitrogens with one attached hydrogen (secondary N) is 1. The van der Waals surface area contributed by atoms with Crippen LogP contribution in [-0.4, -0.2) is 10.9 Å². The standard InChI is InChI=1S/C13H10ClIN2O/c1-8-6-10(4-5-16-8)17-13(18)11-7-9(14)2-3-12(11)15/h2-7H,1H3,(H,16,17,18). The monoisotopic (exact) mass is 372 g/mol. The van der Waals surface area contributed by atoms with Crippen molar-refractivity contribution in [1.82, 2.24) is 4.98 Å². The van der Waals surface area contributed by atoms with Gasteiger partial charge in [-0.2, -0.15) is 0 Å². The van der Waals surface area contributed by atoms with Crippen LogP contribution in [0, 0.1) is 10.5 Å². The number of rotatable bonds is 2. The van der Waals surface area contributed by atoms with E-state index in [0.29, 0.717) is 10.6 Å². The van der Waals surface area contributed by atoms with E-state index in [0.717, 1.165) is 15.0 Å². The van der Waals surface area contributed by atoms with Gasteiger partial charge >= 0.3 is 0 Å². The van der Waals surface area contributed by atoms with Crippen molar-refractivity contribution in [1.29, 1.82) is 0 Å². The Hall–Kier alpha value is -1.14. The molecule has 1 heterocycles. The number of pyridine rings is 1. The summed E-state index contributed by atoms with van der Waals surface area (Å²) in [6, 6.07) is 8.80. The van der Waals surface area contributed by atoms with Crippen molar-refractivity contribution >= 4 is 45.8 Å². The molecule has 18 heavy (non-hydrogen) atoms. The second-order valence-corrected chi connectivity index (χ2v) is 5.36. The Morgan fingerprint density at radius 3 is 2.83 bits per heavy atom. The van der Waals surface area contributed by atoms with Crippen LogP contribution in [0.15, 0.2) is 36.5 Å². The van der Waals surface area contributed by atoms with E-state index in [1.54, 1.807) is 24.4 Å². The largest absolute Gasteiger partial charge is 0.322 e. The first kappa shape index (κ1) is 13.3. The number of carbonyl (C=O) groups is 1. The molecule has 1 N–H and O–H groups in total. The molecule has 0 aliphatic heterocycles. The minimum atomic E-state index is -0.174. The molecule has 0 aliphatic carbocycles. The normalized spacial score (nSPS) is 10.2. The van der Waals surface area contributed by atoms with Crippen LogP contribution in [0.1, 0.15) is 16.1 Å². The van der Waals surface area contributed by atoms with Crippen LogP contribution in [0.2, 0.25) is 5.02 Å². The number of anilines is 1. The molecule has 0 saturated heterocycles. The number of halogens is 2. The highest BCUT2D eigenvalue weighted by Gasteiger charge is 2.10. The first-order valence-corrected chi connectivity index (χ1v) is 6.71. The quantitative estimate of drug-likeness (QED) is 0.813. The number of carbonyl (C=O) groups excluding carboxylic acids is 1. The van der Waals surface area contributed by atoms with Crippen LogP contribution in [0.5, 0.6) is 0 Å². The van der Waals surface area contributed by atoms with E-state index >= 15 is 0 Å². The lowest BCUT2D eigenvalue weighted by atomic mass is 10.2. The molecule has 5 heteroatoms. The van der Waals surface area contributed by atoms with Crippen molar-refractivity contribution < 1.29 is 4.79 Å². The Labute approximate surface area is 124 Å². The fraction of sp³-hybridized carbons (Fsp3) is 0.0769. The van der Waals surface area contributed by atoms with Crippen LogP contribution in [0.4, 0.5) is 5.69 Å². The number of aromatic nitrogens is 1.